The lowest BCUT2D eigenvalue weighted by Gasteiger charge is -2.19. The van der Waals surface area contributed by atoms with E-state index in [0.717, 1.165) is 23.6 Å². The van der Waals surface area contributed by atoms with Crippen molar-refractivity contribution in [1.82, 2.24) is 0 Å². The van der Waals surface area contributed by atoms with Crippen LogP contribution in [0.2, 0.25) is 0 Å². The van der Waals surface area contributed by atoms with E-state index in [2.05, 4.69) is 4.90 Å². The fourth-order valence-corrected chi connectivity index (χ4v) is 2.03. The molecule has 0 radical (unpaired) electrons. The van der Waals surface area contributed by atoms with Crippen LogP contribution in [0.3, 0.4) is 0 Å². The van der Waals surface area contributed by atoms with Gasteiger partial charge in [-0.25, -0.2) is 0 Å². The van der Waals surface area contributed by atoms with E-state index in [9.17, 15) is 4.79 Å². The molecule has 0 amide bonds. The van der Waals surface area contributed by atoms with Crippen LogP contribution in [-0.2, 0) is 6.54 Å². The van der Waals surface area contributed by atoms with Gasteiger partial charge in [0.2, 0.25) is 0 Å². The minimum atomic E-state index is 0.180. The van der Waals surface area contributed by atoms with Crippen LogP contribution in [0.1, 0.15) is 35.0 Å². The molecule has 1 heterocycles. The number of benzene rings is 1. The molecule has 0 aliphatic heterocycles. The third-order valence-electron chi connectivity index (χ3n) is 3.32. The Bertz CT molecular complexity index is 554. The molecule has 2 aromatic rings. The third kappa shape index (κ3) is 3.05. The molecular formula is C16H19NO2. The lowest BCUT2D eigenvalue weighted by molar-refractivity contribution is 0.0988. The number of anilines is 1. The van der Waals surface area contributed by atoms with Crippen molar-refractivity contribution >= 4 is 11.5 Å². The zero-order valence-corrected chi connectivity index (χ0v) is 11.6. The van der Waals surface area contributed by atoms with Crippen molar-refractivity contribution in [3.8, 4) is 0 Å². The molecule has 0 unspecified atom stereocenters. The molecule has 0 bridgehead atoms. The zero-order chi connectivity index (χ0) is 13.8. The van der Waals surface area contributed by atoms with Gasteiger partial charge < -0.3 is 9.32 Å². The SMILES string of the molecule is CCC(=O)c1ccc(N(C)Cc2ccoc2C)cc1. The number of nitrogens with zero attached hydrogens (tertiary/aromatic N) is 1. The van der Waals surface area contributed by atoms with E-state index in [0.29, 0.717) is 6.42 Å². The van der Waals surface area contributed by atoms with Crippen molar-refractivity contribution in [3.63, 3.8) is 0 Å². The number of carbonyl (C=O) groups is 1. The Labute approximate surface area is 113 Å². The first-order valence-corrected chi connectivity index (χ1v) is 6.49. The molecule has 0 spiro atoms. The van der Waals surface area contributed by atoms with Crippen molar-refractivity contribution in [2.24, 2.45) is 0 Å². The Morgan fingerprint density at radius 3 is 2.42 bits per heavy atom. The van der Waals surface area contributed by atoms with E-state index in [1.807, 2.05) is 51.2 Å². The maximum absolute atomic E-state index is 11.6. The quantitative estimate of drug-likeness (QED) is 0.763. The van der Waals surface area contributed by atoms with Gasteiger partial charge >= 0.3 is 0 Å². The Hall–Kier alpha value is -2.03. The third-order valence-corrected chi connectivity index (χ3v) is 3.32. The van der Waals surface area contributed by atoms with Crippen molar-refractivity contribution in [2.75, 3.05) is 11.9 Å². The first-order chi connectivity index (χ1) is 9.11. The number of aryl methyl sites for hydroxylation is 1. The second kappa shape index (κ2) is 5.74. The van der Waals surface area contributed by atoms with Crippen LogP contribution >= 0.6 is 0 Å². The minimum absolute atomic E-state index is 0.180. The zero-order valence-electron chi connectivity index (χ0n) is 11.6. The molecule has 19 heavy (non-hydrogen) atoms. The Morgan fingerprint density at radius 1 is 1.21 bits per heavy atom. The summed E-state index contributed by atoms with van der Waals surface area (Å²) in [6.45, 7) is 4.64. The number of hydrogen-bond donors (Lipinski definition) is 0. The highest BCUT2D eigenvalue weighted by Crippen LogP contribution is 2.19. The normalized spacial score (nSPS) is 10.5. The van der Waals surface area contributed by atoms with Crippen LogP contribution in [0, 0.1) is 6.92 Å². The van der Waals surface area contributed by atoms with E-state index in [1.54, 1.807) is 6.26 Å². The van der Waals surface area contributed by atoms with Crippen molar-refractivity contribution in [3.05, 3.63) is 53.5 Å². The van der Waals surface area contributed by atoms with Crippen LogP contribution in [0.15, 0.2) is 41.0 Å². The summed E-state index contributed by atoms with van der Waals surface area (Å²) in [6.07, 6.45) is 2.25. The summed E-state index contributed by atoms with van der Waals surface area (Å²) in [5, 5.41) is 0. The Balaban J connectivity index is 2.09. The molecule has 1 aromatic heterocycles. The molecule has 0 aliphatic carbocycles. The monoisotopic (exact) mass is 257 g/mol. The summed E-state index contributed by atoms with van der Waals surface area (Å²) in [7, 11) is 2.03. The lowest BCUT2D eigenvalue weighted by atomic mass is 10.1. The van der Waals surface area contributed by atoms with Gasteiger partial charge in [0, 0.05) is 36.8 Å². The molecule has 3 heteroatoms. The summed E-state index contributed by atoms with van der Waals surface area (Å²) in [5.74, 6) is 1.13. The van der Waals surface area contributed by atoms with Gasteiger partial charge in [-0.3, -0.25) is 4.79 Å². The molecule has 3 nitrogen and oxygen atoms in total. The fraction of sp³-hybridized carbons (Fsp3) is 0.312. The first-order valence-electron chi connectivity index (χ1n) is 6.49. The number of carbonyl (C=O) groups excluding carboxylic acids is 1. The van der Waals surface area contributed by atoms with E-state index in [4.69, 9.17) is 4.42 Å². The summed E-state index contributed by atoms with van der Waals surface area (Å²) in [6, 6.07) is 9.73. The summed E-state index contributed by atoms with van der Waals surface area (Å²) in [4.78, 5) is 13.7. The van der Waals surface area contributed by atoms with Gasteiger partial charge in [-0.15, -0.1) is 0 Å². The summed E-state index contributed by atoms with van der Waals surface area (Å²) in [5.41, 5.74) is 3.05. The molecule has 1 aromatic carbocycles. The average molecular weight is 257 g/mol. The fourth-order valence-electron chi connectivity index (χ4n) is 2.03. The second-order valence-electron chi connectivity index (χ2n) is 4.68. The lowest BCUT2D eigenvalue weighted by Crippen LogP contribution is -2.16. The van der Waals surface area contributed by atoms with Crippen molar-refractivity contribution in [2.45, 2.75) is 26.8 Å². The molecule has 0 fully saturated rings. The van der Waals surface area contributed by atoms with Gasteiger partial charge in [0.1, 0.15) is 5.76 Å². The van der Waals surface area contributed by atoms with Crippen molar-refractivity contribution < 1.29 is 9.21 Å². The van der Waals surface area contributed by atoms with E-state index in [-0.39, 0.29) is 5.78 Å². The number of ketones is 1. The minimum Gasteiger partial charge on any atom is -0.469 e. The van der Waals surface area contributed by atoms with Gasteiger partial charge in [0.25, 0.3) is 0 Å². The number of furan rings is 1. The first kappa shape index (κ1) is 13.4. The molecule has 0 saturated carbocycles. The maximum Gasteiger partial charge on any atom is 0.162 e. The average Bonchev–Trinajstić information content (AvgIpc) is 2.83. The van der Waals surface area contributed by atoms with Gasteiger partial charge in [-0.2, -0.15) is 0 Å². The molecule has 0 atom stereocenters. The largest absolute Gasteiger partial charge is 0.469 e. The van der Waals surface area contributed by atoms with Crippen LogP contribution in [0.25, 0.3) is 0 Å². The predicted octanol–water partition coefficient (Wildman–Crippen LogP) is 3.82. The molecule has 100 valence electrons. The van der Waals surface area contributed by atoms with Crippen LogP contribution in [-0.4, -0.2) is 12.8 Å². The number of hydrogen-bond acceptors (Lipinski definition) is 3. The van der Waals surface area contributed by atoms with Crippen LogP contribution in [0.4, 0.5) is 5.69 Å². The van der Waals surface area contributed by atoms with Crippen molar-refractivity contribution in [1.29, 1.82) is 0 Å². The molecule has 0 saturated heterocycles. The van der Waals surface area contributed by atoms with E-state index in [1.165, 1.54) is 5.56 Å². The second-order valence-corrected chi connectivity index (χ2v) is 4.68. The molecule has 0 N–H and O–H groups in total. The maximum atomic E-state index is 11.6. The smallest absolute Gasteiger partial charge is 0.162 e. The van der Waals surface area contributed by atoms with Gasteiger partial charge in [0.15, 0.2) is 5.78 Å². The van der Waals surface area contributed by atoms with E-state index < -0.39 is 0 Å². The molecule has 2 rings (SSSR count). The summed E-state index contributed by atoms with van der Waals surface area (Å²) >= 11 is 0. The van der Waals surface area contributed by atoms with Crippen LogP contribution in [0.5, 0.6) is 0 Å². The van der Waals surface area contributed by atoms with Gasteiger partial charge in [-0.1, -0.05) is 6.92 Å². The highest BCUT2D eigenvalue weighted by atomic mass is 16.3. The molecular weight excluding hydrogens is 238 g/mol. The number of rotatable bonds is 5. The standard InChI is InChI=1S/C16H19NO2/c1-4-16(18)13-5-7-15(8-6-13)17(3)11-14-9-10-19-12(14)2/h5-10H,4,11H2,1-3H3. The topological polar surface area (TPSA) is 33.5 Å². The van der Waals surface area contributed by atoms with E-state index >= 15 is 0 Å². The van der Waals surface area contributed by atoms with Crippen LogP contribution < -0.4 is 4.90 Å². The van der Waals surface area contributed by atoms with Gasteiger partial charge in [-0.05, 0) is 37.3 Å². The van der Waals surface area contributed by atoms with Gasteiger partial charge in [0.05, 0.1) is 6.26 Å². The predicted molar refractivity (Wildman–Crippen MR) is 76.6 cm³/mol. The highest BCUT2D eigenvalue weighted by molar-refractivity contribution is 5.96. The summed E-state index contributed by atoms with van der Waals surface area (Å²) < 4.78 is 5.30. The Kier molecular flexibility index (Phi) is 4.05. The number of Topliss-reactive ketones (excluding diaryl/α,β-unsaturated/α-hetero) is 1. The molecule has 0 aliphatic rings. The Morgan fingerprint density at radius 2 is 1.89 bits per heavy atom. The highest BCUT2D eigenvalue weighted by Gasteiger charge is 2.08.